The van der Waals surface area contributed by atoms with Crippen LogP contribution in [0.2, 0.25) is 0 Å². The fourth-order valence-electron chi connectivity index (χ4n) is 0.529. The van der Waals surface area contributed by atoms with Crippen LogP contribution in [0.15, 0.2) is 0 Å². The van der Waals surface area contributed by atoms with Gasteiger partial charge in [0.05, 0.1) is 6.61 Å². The van der Waals surface area contributed by atoms with Gasteiger partial charge in [-0.2, -0.15) is 13.5 Å². The molecule has 0 aromatic heterocycles. The highest BCUT2D eigenvalue weighted by atomic mass is 32.1. The third kappa shape index (κ3) is 13.4. The SMILES string of the molecule is CCCCCOP(=O)(O)F.S. The molecule has 3 nitrogen and oxygen atoms in total. The Morgan fingerprint density at radius 2 is 2.09 bits per heavy atom. The molecule has 0 saturated heterocycles. The summed E-state index contributed by atoms with van der Waals surface area (Å²) in [5, 5.41) is 0. The summed E-state index contributed by atoms with van der Waals surface area (Å²) in [7, 11) is -4.71. The van der Waals surface area contributed by atoms with Crippen LogP contribution in [0, 0.1) is 0 Å². The van der Waals surface area contributed by atoms with Gasteiger partial charge in [0.2, 0.25) is 0 Å². The number of halogens is 1. The topological polar surface area (TPSA) is 46.5 Å². The molecule has 0 spiro atoms. The van der Waals surface area contributed by atoms with Crippen molar-refractivity contribution in [3.05, 3.63) is 0 Å². The lowest BCUT2D eigenvalue weighted by molar-refractivity contribution is 0.222. The second-order valence-corrected chi connectivity index (χ2v) is 3.15. The second-order valence-electron chi connectivity index (χ2n) is 1.99. The van der Waals surface area contributed by atoms with E-state index in [2.05, 4.69) is 4.52 Å². The molecular weight excluding hydrogens is 190 g/mol. The third-order valence-corrected chi connectivity index (χ3v) is 1.50. The first kappa shape index (κ1) is 14.0. The predicted octanol–water partition coefficient (Wildman–Crippen LogP) is 2.38. The van der Waals surface area contributed by atoms with Crippen molar-refractivity contribution in [1.82, 2.24) is 0 Å². The van der Waals surface area contributed by atoms with Gasteiger partial charge < -0.3 is 0 Å². The van der Waals surface area contributed by atoms with Gasteiger partial charge in [-0.3, -0.25) is 9.42 Å². The lowest BCUT2D eigenvalue weighted by atomic mass is 10.3. The highest BCUT2D eigenvalue weighted by Gasteiger charge is 2.15. The van der Waals surface area contributed by atoms with Gasteiger partial charge in [0, 0.05) is 0 Å². The van der Waals surface area contributed by atoms with Crippen LogP contribution in [0.5, 0.6) is 0 Å². The fraction of sp³-hybridized carbons (Fsp3) is 1.00. The molecule has 70 valence electrons. The molecule has 0 radical (unpaired) electrons. The minimum Gasteiger partial charge on any atom is -0.299 e. The molecule has 0 aliphatic carbocycles. The van der Waals surface area contributed by atoms with E-state index in [-0.39, 0.29) is 20.1 Å². The summed E-state index contributed by atoms with van der Waals surface area (Å²) in [4.78, 5) is 7.98. The molecule has 0 aliphatic heterocycles. The van der Waals surface area contributed by atoms with Crippen molar-refractivity contribution in [2.24, 2.45) is 0 Å². The molecule has 6 heteroatoms. The van der Waals surface area contributed by atoms with Gasteiger partial charge in [-0.25, -0.2) is 4.57 Å². The monoisotopic (exact) mass is 204 g/mol. The molecule has 0 aromatic rings. The first-order chi connectivity index (χ1) is 4.56. The van der Waals surface area contributed by atoms with Crippen LogP contribution in [-0.2, 0) is 9.09 Å². The number of rotatable bonds is 5. The number of hydrogen-bond donors (Lipinski definition) is 1. The highest BCUT2D eigenvalue weighted by Crippen LogP contribution is 2.43. The van der Waals surface area contributed by atoms with Crippen molar-refractivity contribution in [2.45, 2.75) is 26.2 Å². The molecule has 11 heavy (non-hydrogen) atoms. The maximum absolute atomic E-state index is 11.7. The van der Waals surface area contributed by atoms with Gasteiger partial charge >= 0.3 is 7.91 Å². The zero-order valence-corrected chi connectivity index (χ0v) is 8.31. The van der Waals surface area contributed by atoms with Crippen molar-refractivity contribution in [3.8, 4) is 0 Å². The third-order valence-electron chi connectivity index (χ3n) is 0.998. The van der Waals surface area contributed by atoms with Crippen molar-refractivity contribution in [2.75, 3.05) is 6.61 Å². The number of hydrogen-bond acceptors (Lipinski definition) is 2. The summed E-state index contributed by atoms with van der Waals surface area (Å²) in [5.41, 5.74) is 0. The summed E-state index contributed by atoms with van der Waals surface area (Å²) in [6.07, 6.45) is 2.50. The molecule has 0 heterocycles. The molecule has 0 rings (SSSR count). The van der Waals surface area contributed by atoms with E-state index < -0.39 is 7.91 Å². The zero-order valence-electron chi connectivity index (χ0n) is 6.42. The molecular formula is C5H14FO3PS. The van der Waals surface area contributed by atoms with Crippen LogP contribution >= 0.6 is 21.4 Å². The Hall–Kier alpha value is 0.430. The van der Waals surface area contributed by atoms with Crippen molar-refractivity contribution >= 4 is 21.4 Å². The van der Waals surface area contributed by atoms with E-state index in [0.717, 1.165) is 12.8 Å². The van der Waals surface area contributed by atoms with Gasteiger partial charge in [0.15, 0.2) is 0 Å². The Bertz CT molecular complexity index is 127. The normalized spacial score (nSPS) is 15.2. The van der Waals surface area contributed by atoms with E-state index in [1.54, 1.807) is 0 Å². The Labute approximate surface area is 73.1 Å². The van der Waals surface area contributed by atoms with Crippen molar-refractivity contribution in [3.63, 3.8) is 0 Å². The summed E-state index contributed by atoms with van der Waals surface area (Å²) in [6.45, 7) is 2.01. The Balaban J connectivity index is 0. The molecule has 0 amide bonds. The summed E-state index contributed by atoms with van der Waals surface area (Å²) >= 11 is 0. The molecule has 0 aromatic carbocycles. The van der Waals surface area contributed by atoms with Crippen LogP contribution in [0.3, 0.4) is 0 Å². The minimum absolute atomic E-state index is 0. The first-order valence-electron chi connectivity index (χ1n) is 3.23. The lowest BCUT2D eigenvalue weighted by Crippen LogP contribution is -1.88. The average Bonchev–Trinajstić information content (AvgIpc) is 1.78. The average molecular weight is 204 g/mol. The number of unbranched alkanes of at least 4 members (excludes halogenated alkanes) is 2. The lowest BCUT2D eigenvalue weighted by Gasteiger charge is -2.00. The molecule has 1 atom stereocenters. The van der Waals surface area contributed by atoms with Crippen LogP contribution in [0.4, 0.5) is 4.20 Å². The Kier molecular flexibility index (Phi) is 9.02. The van der Waals surface area contributed by atoms with E-state index in [9.17, 15) is 8.76 Å². The summed E-state index contributed by atoms with van der Waals surface area (Å²) < 4.78 is 25.5. The largest absolute Gasteiger partial charge is 0.510 e. The minimum atomic E-state index is -4.71. The second kappa shape index (κ2) is 7.10. The molecule has 0 saturated carbocycles. The van der Waals surface area contributed by atoms with E-state index >= 15 is 0 Å². The molecule has 1 N–H and O–H groups in total. The molecule has 0 aliphatic rings. The van der Waals surface area contributed by atoms with E-state index in [0.29, 0.717) is 6.42 Å². The van der Waals surface area contributed by atoms with Crippen LogP contribution in [-0.4, -0.2) is 11.5 Å². The van der Waals surface area contributed by atoms with E-state index in [1.165, 1.54) is 0 Å². The molecule has 0 bridgehead atoms. The quantitative estimate of drug-likeness (QED) is 0.552. The Morgan fingerprint density at radius 1 is 1.55 bits per heavy atom. The predicted molar refractivity (Wildman–Crippen MR) is 46.8 cm³/mol. The van der Waals surface area contributed by atoms with Crippen LogP contribution in [0.1, 0.15) is 26.2 Å². The van der Waals surface area contributed by atoms with Gasteiger partial charge in [-0.1, -0.05) is 19.8 Å². The van der Waals surface area contributed by atoms with Gasteiger partial charge in [0.1, 0.15) is 0 Å². The van der Waals surface area contributed by atoms with Gasteiger partial charge in [0.25, 0.3) is 0 Å². The maximum Gasteiger partial charge on any atom is 0.510 e. The van der Waals surface area contributed by atoms with Crippen LogP contribution in [0.25, 0.3) is 0 Å². The smallest absolute Gasteiger partial charge is 0.299 e. The zero-order chi connectivity index (χ0) is 8.04. The fourth-order valence-corrected chi connectivity index (χ4v) is 0.883. The maximum atomic E-state index is 11.7. The molecule has 0 fully saturated rings. The van der Waals surface area contributed by atoms with Crippen LogP contribution < -0.4 is 0 Å². The first-order valence-corrected chi connectivity index (χ1v) is 4.70. The highest BCUT2D eigenvalue weighted by molar-refractivity contribution is 7.59. The molecule has 1 unspecified atom stereocenters. The summed E-state index contributed by atoms with van der Waals surface area (Å²) in [6, 6.07) is 0. The van der Waals surface area contributed by atoms with E-state index in [4.69, 9.17) is 4.89 Å². The van der Waals surface area contributed by atoms with Crippen molar-refractivity contribution < 1.29 is 18.2 Å². The van der Waals surface area contributed by atoms with Crippen molar-refractivity contribution in [1.29, 1.82) is 0 Å². The standard InChI is InChI=1S/C5H12FO3P.H2S/c1-2-3-4-5-9-10(6,7)8;/h2-5H2,1H3,(H,7,8);1H2. The van der Waals surface area contributed by atoms with E-state index in [1.807, 2.05) is 6.92 Å². The van der Waals surface area contributed by atoms with Gasteiger partial charge in [-0.15, -0.1) is 4.20 Å². The summed E-state index contributed by atoms with van der Waals surface area (Å²) in [5.74, 6) is 0. The van der Waals surface area contributed by atoms with Gasteiger partial charge in [-0.05, 0) is 6.42 Å². The Morgan fingerprint density at radius 3 is 2.45 bits per heavy atom.